The lowest BCUT2D eigenvalue weighted by atomic mass is 9.89. The first-order chi connectivity index (χ1) is 7.70. The van der Waals surface area contributed by atoms with Gasteiger partial charge in [0.25, 0.3) is 0 Å². The van der Waals surface area contributed by atoms with Gasteiger partial charge in [-0.15, -0.1) is 0 Å². The summed E-state index contributed by atoms with van der Waals surface area (Å²) in [5.41, 5.74) is 0.864. The Morgan fingerprint density at radius 2 is 2.00 bits per heavy atom. The van der Waals surface area contributed by atoms with Gasteiger partial charge in [0.1, 0.15) is 0 Å². The number of hydrogen-bond acceptors (Lipinski definition) is 2. The Morgan fingerprint density at radius 3 is 2.44 bits per heavy atom. The number of likely N-dealkylation sites (N-methyl/N-ethyl adjacent to an activating group) is 1. The third kappa shape index (κ3) is 3.07. The predicted octanol–water partition coefficient (Wildman–Crippen LogP) is 2.24. The van der Waals surface area contributed by atoms with Gasteiger partial charge in [0.05, 0.1) is 5.92 Å². The molecule has 0 saturated carbocycles. The Balaban J connectivity index is 2.94. The minimum Gasteiger partial charge on any atom is -0.481 e. The number of aliphatic carboxylic acids is 1. The fourth-order valence-corrected chi connectivity index (χ4v) is 2.00. The van der Waals surface area contributed by atoms with Crippen molar-refractivity contribution in [3.05, 3.63) is 35.9 Å². The molecule has 0 fully saturated rings. The third-order valence-electron chi connectivity index (χ3n) is 2.80. The van der Waals surface area contributed by atoms with Crippen molar-refractivity contribution < 1.29 is 9.90 Å². The summed E-state index contributed by atoms with van der Waals surface area (Å²) in [6.07, 6.45) is 1.84. The molecule has 0 spiro atoms. The van der Waals surface area contributed by atoms with Crippen LogP contribution in [0.5, 0.6) is 0 Å². The molecule has 0 aromatic heterocycles. The molecule has 16 heavy (non-hydrogen) atoms. The van der Waals surface area contributed by atoms with E-state index in [0.717, 1.165) is 18.4 Å². The first-order valence-corrected chi connectivity index (χ1v) is 5.65. The highest BCUT2D eigenvalue weighted by atomic mass is 16.4. The third-order valence-corrected chi connectivity index (χ3v) is 2.80. The minimum atomic E-state index is -0.765. The van der Waals surface area contributed by atoms with E-state index >= 15 is 0 Å². The molecule has 3 nitrogen and oxygen atoms in total. The molecule has 0 bridgehead atoms. The van der Waals surface area contributed by atoms with E-state index in [4.69, 9.17) is 0 Å². The number of carbonyl (C=O) groups is 1. The average Bonchev–Trinajstić information content (AvgIpc) is 2.29. The van der Waals surface area contributed by atoms with E-state index in [1.807, 2.05) is 37.4 Å². The van der Waals surface area contributed by atoms with E-state index in [1.54, 1.807) is 0 Å². The van der Waals surface area contributed by atoms with Gasteiger partial charge in [-0.3, -0.25) is 4.79 Å². The van der Waals surface area contributed by atoms with Crippen molar-refractivity contribution in [2.75, 3.05) is 7.05 Å². The zero-order valence-corrected chi connectivity index (χ0v) is 9.81. The minimum absolute atomic E-state index is 0.00935. The van der Waals surface area contributed by atoms with Crippen LogP contribution in [0.3, 0.4) is 0 Å². The van der Waals surface area contributed by atoms with Gasteiger partial charge in [0.2, 0.25) is 0 Å². The molecule has 0 amide bonds. The summed E-state index contributed by atoms with van der Waals surface area (Å²) >= 11 is 0. The summed E-state index contributed by atoms with van der Waals surface area (Å²) in [4.78, 5) is 11.3. The van der Waals surface area contributed by atoms with Gasteiger partial charge in [0, 0.05) is 6.04 Å². The van der Waals surface area contributed by atoms with Crippen LogP contribution in [-0.2, 0) is 4.79 Å². The molecule has 2 N–H and O–H groups in total. The molecule has 1 aromatic carbocycles. The van der Waals surface area contributed by atoms with Gasteiger partial charge < -0.3 is 10.4 Å². The second-order valence-corrected chi connectivity index (χ2v) is 3.91. The van der Waals surface area contributed by atoms with Crippen LogP contribution in [0.2, 0.25) is 0 Å². The number of carboxylic acid groups (broad SMARTS) is 1. The van der Waals surface area contributed by atoms with Gasteiger partial charge in [0.15, 0.2) is 0 Å². The maximum Gasteiger partial charge on any atom is 0.312 e. The molecule has 2 unspecified atom stereocenters. The van der Waals surface area contributed by atoms with E-state index < -0.39 is 11.9 Å². The molecule has 2 atom stereocenters. The van der Waals surface area contributed by atoms with Gasteiger partial charge >= 0.3 is 5.97 Å². The molecule has 0 saturated heterocycles. The van der Waals surface area contributed by atoms with Crippen LogP contribution >= 0.6 is 0 Å². The first-order valence-electron chi connectivity index (χ1n) is 5.65. The van der Waals surface area contributed by atoms with Crippen molar-refractivity contribution in [2.45, 2.75) is 31.7 Å². The van der Waals surface area contributed by atoms with Gasteiger partial charge in [-0.25, -0.2) is 0 Å². The van der Waals surface area contributed by atoms with Crippen molar-refractivity contribution in [2.24, 2.45) is 0 Å². The van der Waals surface area contributed by atoms with Crippen LogP contribution in [0.25, 0.3) is 0 Å². The zero-order chi connectivity index (χ0) is 12.0. The lowest BCUT2D eigenvalue weighted by Crippen LogP contribution is -2.36. The fraction of sp³-hybridized carbons (Fsp3) is 0.462. The first kappa shape index (κ1) is 12.7. The molecule has 88 valence electrons. The summed E-state index contributed by atoms with van der Waals surface area (Å²) in [6.45, 7) is 2.06. The summed E-state index contributed by atoms with van der Waals surface area (Å²) in [6, 6.07) is 9.40. The second-order valence-electron chi connectivity index (χ2n) is 3.91. The normalized spacial score (nSPS) is 14.4. The Kier molecular flexibility index (Phi) is 4.99. The molecule has 0 aliphatic heterocycles. The average molecular weight is 221 g/mol. The Morgan fingerprint density at radius 1 is 1.38 bits per heavy atom. The summed E-state index contributed by atoms with van der Waals surface area (Å²) in [7, 11) is 1.82. The van der Waals surface area contributed by atoms with Crippen molar-refractivity contribution in [1.82, 2.24) is 5.32 Å². The van der Waals surface area contributed by atoms with E-state index in [2.05, 4.69) is 12.2 Å². The van der Waals surface area contributed by atoms with Crippen LogP contribution in [0.1, 0.15) is 31.2 Å². The van der Waals surface area contributed by atoms with Crippen molar-refractivity contribution >= 4 is 5.97 Å². The molecule has 1 rings (SSSR count). The van der Waals surface area contributed by atoms with Crippen LogP contribution in [0, 0.1) is 0 Å². The molecule has 1 aromatic rings. The van der Waals surface area contributed by atoms with Crippen LogP contribution < -0.4 is 5.32 Å². The van der Waals surface area contributed by atoms with Crippen molar-refractivity contribution in [1.29, 1.82) is 0 Å². The summed E-state index contributed by atoms with van der Waals surface area (Å²) in [5, 5.41) is 12.4. The lowest BCUT2D eigenvalue weighted by molar-refractivity contribution is -0.139. The molecular weight excluding hydrogens is 202 g/mol. The fourth-order valence-electron chi connectivity index (χ4n) is 2.00. The zero-order valence-electron chi connectivity index (χ0n) is 9.81. The number of benzene rings is 1. The quantitative estimate of drug-likeness (QED) is 0.774. The van der Waals surface area contributed by atoms with Crippen LogP contribution in [0.4, 0.5) is 0 Å². The largest absolute Gasteiger partial charge is 0.481 e. The number of hydrogen-bond donors (Lipinski definition) is 2. The second kappa shape index (κ2) is 6.28. The molecule has 0 heterocycles. The predicted molar refractivity (Wildman–Crippen MR) is 64.6 cm³/mol. The number of rotatable bonds is 6. The lowest BCUT2D eigenvalue weighted by Gasteiger charge is -2.23. The van der Waals surface area contributed by atoms with Crippen molar-refractivity contribution in [3.63, 3.8) is 0 Å². The van der Waals surface area contributed by atoms with E-state index in [-0.39, 0.29) is 6.04 Å². The number of nitrogens with one attached hydrogen (secondary N) is 1. The highest BCUT2D eigenvalue weighted by molar-refractivity contribution is 5.77. The van der Waals surface area contributed by atoms with Gasteiger partial charge in [-0.05, 0) is 19.0 Å². The monoisotopic (exact) mass is 221 g/mol. The Labute approximate surface area is 96.5 Å². The smallest absolute Gasteiger partial charge is 0.312 e. The van der Waals surface area contributed by atoms with Gasteiger partial charge in [-0.1, -0.05) is 43.7 Å². The molecule has 0 aliphatic carbocycles. The Hall–Kier alpha value is -1.35. The highest BCUT2D eigenvalue weighted by Crippen LogP contribution is 2.22. The summed E-state index contributed by atoms with van der Waals surface area (Å²) in [5.74, 6) is -1.23. The maximum atomic E-state index is 11.3. The standard InChI is InChI=1S/C13H19NO2/c1-3-7-11(14-2)12(13(15)16)10-8-5-4-6-9-10/h4-6,8-9,11-12,14H,3,7H2,1-2H3,(H,15,16). The van der Waals surface area contributed by atoms with Gasteiger partial charge in [-0.2, -0.15) is 0 Å². The molecule has 3 heteroatoms. The molecule has 0 radical (unpaired) electrons. The maximum absolute atomic E-state index is 11.3. The SMILES string of the molecule is CCCC(NC)C(C(=O)O)c1ccccc1. The Bertz CT molecular complexity index is 324. The van der Waals surface area contributed by atoms with E-state index in [0.29, 0.717) is 0 Å². The van der Waals surface area contributed by atoms with Crippen LogP contribution in [0.15, 0.2) is 30.3 Å². The van der Waals surface area contributed by atoms with E-state index in [1.165, 1.54) is 0 Å². The molecular formula is C13H19NO2. The molecule has 0 aliphatic rings. The topological polar surface area (TPSA) is 49.3 Å². The highest BCUT2D eigenvalue weighted by Gasteiger charge is 2.27. The van der Waals surface area contributed by atoms with E-state index in [9.17, 15) is 9.90 Å². The summed E-state index contributed by atoms with van der Waals surface area (Å²) < 4.78 is 0. The van der Waals surface area contributed by atoms with Crippen molar-refractivity contribution in [3.8, 4) is 0 Å². The number of carboxylic acids is 1. The van der Waals surface area contributed by atoms with Crippen LogP contribution in [-0.4, -0.2) is 24.2 Å².